The fourth-order valence-electron chi connectivity index (χ4n) is 4.38. The Kier molecular flexibility index (Phi) is 10.4. The van der Waals surface area contributed by atoms with Gasteiger partial charge in [0, 0.05) is 13.1 Å². The summed E-state index contributed by atoms with van der Waals surface area (Å²) < 4.78 is 0. The predicted molar refractivity (Wildman–Crippen MR) is 137 cm³/mol. The zero-order valence-corrected chi connectivity index (χ0v) is 20.6. The summed E-state index contributed by atoms with van der Waals surface area (Å²) in [5.41, 5.74) is 1.34. The summed E-state index contributed by atoms with van der Waals surface area (Å²) in [6.45, 7) is 4.97. The van der Waals surface area contributed by atoms with E-state index in [0.717, 1.165) is 31.3 Å². The number of hydrogen-bond donors (Lipinski definition) is 0. The van der Waals surface area contributed by atoms with Crippen molar-refractivity contribution in [2.75, 3.05) is 19.8 Å². The molecule has 0 fully saturated rings. The van der Waals surface area contributed by atoms with Crippen LogP contribution in [-0.2, 0) is 6.42 Å². The Morgan fingerprint density at radius 1 is 0.677 bits per heavy atom. The summed E-state index contributed by atoms with van der Waals surface area (Å²) in [4.78, 5) is 4.43. The molecular weight excluding hydrogens is 423 g/mol. The van der Waals surface area contributed by atoms with Gasteiger partial charge >= 0.3 is 0 Å². The molecule has 170 valence electrons. The number of fused-ring (bicyclic) bond motifs is 1. The van der Waals surface area contributed by atoms with Gasteiger partial charge in [0.25, 0.3) is 0 Å². The van der Waals surface area contributed by atoms with E-state index in [1.807, 2.05) is 0 Å². The van der Waals surface area contributed by atoms with Crippen LogP contribution in [0.1, 0.15) is 76.7 Å². The molecule has 1 aliphatic rings. The van der Waals surface area contributed by atoms with Crippen LogP contribution in [0.4, 0.5) is 0 Å². The molecule has 2 aromatic rings. The standard InChI is InChI=1S/C27H38Cl2N2/c1-2-3-4-5-6-7-8-9-10-13-19-30-22-31(27(29)26(30)28)20-18-23-16-17-24-14-11-12-15-25(24)21-23/h11-12,14-17,21H,2-10,13,18-20,22H2,1H3. The van der Waals surface area contributed by atoms with Gasteiger partial charge in [0.2, 0.25) is 0 Å². The van der Waals surface area contributed by atoms with Gasteiger partial charge in [-0.15, -0.1) is 0 Å². The smallest absolute Gasteiger partial charge is 0.141 e. The third-order valence-corrected chi connectivity index (χ3v) is 7.27. The van der Waals surface area contributed by atoms with Crippen molar-refractivity contribution in [3.63, 3.8) is 0 Å². The van der Waals surface area contributed by atoms with Crippen molar-refractivity contribution in [2.45, 2.75) is 77.6 Å². The van der Waals surface area contributed by atoms with Gasteiger partial charge < -0.3 is 9.80 Å². The van der Waals surface area contributed by atoms with Gasteiger partial charge in [-0.1, -0.05) is 130 Å². The van der Waals surface area contributed by atoms with Crippen LogP contribution in [0.2, 0.25) is 0 Å². The molecule has 0 N–H and O–H groups in total. The molecule has 0 saturated heterocycles. The molecule has 0 spiro atoms. The summed E-state index contributed by atoms with van der Waals surface area (Å²) >= 11 is 13.1. The second-order valence-corrected chi connectivity index (χ2v) is 9.58. The van der Waals surface area contributed by atoms with Crippen molar-refractivity contribution in [3.8, 4) is 0 Å². The Bertz CT molecular complexity index is 833. The van der Waals surface area contributed by atoms with Crippen LogP contribution in [0, 0.1) is 0 Å². The van der Waals surface area contributed by atoms with E-state index < -0.39 is 0 Å². The fraction of sp³-hybridized carbons (Fsp3) is 0.556. The van der Waals surface area contributed by atoms with E-state index in [-0.39, 0.29) is 0 Å². The highest BCUT2D eigenvalue weighted by atomic mass is 35.5. The van der Waals surface area contributed by atoms with E-state index in [9.17, 15) is 0 Å². The highest BCUT2D eigenvalue weighted by Gasteiger charge is 2.25. The minimum Gasteiger partial charge on any atom is -0.342 e. The maximum atomic E-state index is 6.55. The Hall–Kier alpha value is -1.38. The van der Waals surface area contributed by atoms with Crippen molar-refractivity contribution in [3.05, 3.63) is 58.3 Å². The largest absolute Gasteiger partial charge is 0.342 e. The third kappa shape index (κ3) is 7.61. The Morgan fingerprint density at radius 3 is 1.94 bits per heavy atom. The molecule has 1 heterocycles. The molecule has 0 saturated carbocycles. The second kappa shape index (κ2) is 13.2. The molecule has 0 atom stereocenters. The van der Waals surface area contributed by atoms with E-state index in [0.29, 0.717) is 5.16 Å². The number of rotatable bonds is 14. The van der Waals surface area contributed by atoms with Crippen LogP contribution < -0.4 is 0 Å². The van der Waals surface area contributed by atoms with Crippen LogP contribution in [0.5, 0.6) is 0 Å². The van der Waals surface area contributed by atoms with Gasteiger partial charge in [-0.05, 0) is 29.2 Å². The van der Waals surface area contributed by atoms with Crippen LogP contribution in [0.25, 0.3) is 10.8 Å². The maximum absolute atomic E-state index is 6.55. The second-order valence-electron chi connectivity index (χ2n) is 8.86. The SMILES string of the molecule is CCCCCCCCCCCCN1CN(CCc2ccc3ccccc3c2)C(Cl)=C1Cl. The lowest BCUT2D eigenvalue weighted by Crippen LogP contribution is -2.29. The first-order chi connectivity index (χ1) is 15.2. The lowest BCUT2D eigenvalue weighted by atomic mass is 10.1. The number of unbranched alkanes of at least 4 members (excludes halogenated alkanes) is 9. The van der Waals surface area contributed by atoms with E-state index >= 15 is 0 Å². The van der Waals surface area contributed by atoms with E-state index in [4.69, 9.17) is 23.2 Å². The molecule has 31 heavy (non-hydrogen) atoms. The first kappa shape index (κ1) is 24.3. The minimum atomic E-state index is 0.703. The summed E-state index contributed by atoms with van der Waals surface area (Å²) in [5, 5.41) is 4.00. The van der Waals surface area contributed by atoms with Crippen LogP contribution in [0.15, 0.2) is 52.8 Å². The van der Waals surface area contributed by atoms with Crippen molar-refractivity contribution in [1.82, 2.24) is 9.80 Å². The molecule has 4 heteroatoms. The molecule has 0 amide bonds. The topological polar surface area (TPSA) is 6.48 Å². The van der Waals surface area contributed by atoms with Gasteiger partial charge in [-0.25, -0.2) is 0 Å². The molecule has 3 rings (SSSR count). The Balaban J connectivity index is 1.33. The van der Waals surface area contributed by atoms with Crippen molar-refractivity contribution >= 4 is 34.0 Å². The number of nitrogens with zero attached hydrogens (tertiary/aromatic N) is 2. The van der Waals surface area contributed by atoms with Gasteiger partial charge in [0.15, 0.2) is 0 Å². The van der Waals surface area contributed by atoms with Crippen LogP contribution in [-0.4, -0.2) is 29.6 Å². The maximum Gasteiger partial charge on any atom is 0.141 e. The zero-order chi connectivity index (χ0) is 21.9. The molecule has 2 nitrogen and oxygen atoms in total. The number of halogens is 2. The minimum absolute atomic E-state index is 0.703. The highest BCUT2D eigenvalue weighted by molar-refractivity contribution is 6.38. The molecule has 0 unspecified atom stereocenters. The zero-order valence-electron chi connectivity index (χ0n) is 19.1. The Labute approximate surface area is 199 Å². The van der Waals surface area contributed by atoms with Gasteiger partial charge in [0.1, 0.15) is 10.3 Å². The predicted octanol–water partition coefficient (Wildman–Crippen LogP) is 8.48. The molecule has 1 aliphatic heterocycles. The summed E-state index contributed by atoms with van der Waals surface area (Å²) in [6.07, 6.45) is 14.5. The summed E-state index contributed by atoms with van der Waals surface area (Å²) in [5.74, 6) is 0. The van der Waals surface area contributed by atoms with E-state index in [1.54, 1.807) is 0 Å². The summed E-state index contributed by atoms with van der Waals surface area (Å²) in [7, 11) is 0. The molecule has 2 aromatic carbocycles. The molecule has 0 radical (unpaired) electrons. The van der Waals surface area contributed by atoms with Crippen LogP contribution in [0.3, 0.4) is 0 Å². The molecule has 0 aliphatic carbocycles. The molecule has 0 bridgehead atoms. The monoisotopic (exact) mass is 460 g/mol. The lowest BCUT2D eigenvalue weighted by Gasteiger charge is -2.22. The molecular formula is C27H38Cl2N2. The summed E-state index contributed by atoms with van der Waals surface area (Å²) in [6, 6.07) is 15.2. The normalized spacial score (nSPS) is 14.3. The highest BCUT2D eigenvalue weighted by Crippen LogP contribution is 2.30. The molecule has 0 aromatic heterocycles. The van der Waals surface area contributed by atoms with Gasteiger partial charge in [0.05, 0.1) is 6.67 Å². The van der Waals surface area contributed by atoms with Gasteiger partial charge in [-0.2, -0.15) is 0 Å². The number of hydrogen-bond acceptors (Lipinski definition) is 2. The van der Waals surface area contributed by atoms with Gasteiger partial charge in [-0.3, -0.25) is 0 Å². The average Bonchev–Trinajstić information content (AvgIpc) is 3.06. The number of benzene rings is 2. The lowest BCUT2D eigenvalue weighted by molar-refractivity contribution is 0.256. The first-order valence-corrected chi connectivity index (χ1v) is 13.0. The quantitative estimate of drug-likeness (QED) is 0.206. The first-order valence-electron chi connectivity index (χ1n) is 12.2. The average molecular weight is 462 g/mol. The fourth-order valence-corrected chi connectivity index (χ4v) is 4.89. The van der Waals surface area contributed by atoms with E-state index in [2.05, 4.69) is 59.2 Å². The van der Waals surface area contributed by atoms with E-state index in [1.165, 1.54) is 80.5 Å². The van der Waals surface area contributed by atoms with Crippen molar-refractivity contribution in [1.29, 1.82) is 0 Å². The van der Waals surface area contributed by atoms with Crippen molar-refractivity contribution in [2.24, 2.45) is 0 Å². The third-order valence-electron chi connectivity index (χ3n) is 6.33. The van der Waals surface area contributed by atoms with Crippen molar-refractivity contribution < 1.29 is 0 Å². The van der Waals surface area contributed by atoms with Crippen LogP contribution >= 0.6 is 23.2 Å². The Morgan fingerprint density at radius 2 is 1.26 bits per heavy atom.